The number of carbonyl (C=O) groups is 2. The summed E-state index contributed by atoms with van der Waals surface area (Å²) in [6.07, 6.45) is 0.586. The zero-order chi connectivity index (χ0) is 20.1. The van der Waals surface area contributed by atoms with Crippen LogP contribution in [0.1, 0.15) is 51.1 Å². The van der Waals surface area contributed by atoms with E-state index in [1.54, 1.807) is 39.8 Å². The number of benzene rings is 1. The topological polar surface area (TPSA) is 56.3 Å². The van der Waals surface area contributed by atoms with Crippen molar-refractivity contribution in [3.8, 4) is 10.6 Å². The summed E-state index contributed by atoms with van der Waals surface area (Å²) in [4.78, 5) is 31.3. The molecule has 0 bridgehead atoms. The Morgan fingerprint density at radius 1 is 1.19 bits per heavy atom. The predicted molar refractivity (Wildman–Crippen MR) is 104 cm³/mol. The Morgan fingerprint density at radius 3 is 2.30 bits per heavy atom. The summed E-state index contributed by atoms with van der Waals surface area (Å²) in [5, 5.41) is 0.432. The van der Waals surface area contributed by atoms with E-state index in [1.165, 1.54) is 17.4 Å². The normalized spacial score (nSPS) is 19.5. The zero-order valence-electron chi connectivity index (χ0n) is 16.1. The van der Waals surface area contributed by atoms with Gasteiger partial charge in [0.25, 0.3) is 0 Å². The van der Waals surface area contributed by atoms with Crippen molar-refractivity contribution in [2.45, 2.75) is 58.2 Å². The lowest BCUT2D eigenvalue weighted by Gasteiger charge is -2.42. The van der Waals surface area contributed by atoms with Gasteiger partial charge in [0, 0.05) is 10.4 Å². The molecule has 1 aromatic heterocycles. The number of rotatable bonds is 3. The molecular formula is C20H21BFNO3S. The molecule has 3 rings (SSSR count). The largest absolute Gasteiger partial charge is 0.354 e. The van der Waals surface area contributed by atoms with Gasteiger partial charge in [-0.3, -0.25) is 9.59 Å². The smallest absolute Gasteiger partial charge is 0.180 e. The first-order valence-corrected chi connectivity index (χ1v) is 9.63. The minimum absolute atomic E-state index is 0.306. The van der Waals surface area contributed by atoms with Crippen LogP contribution in [0.4, 0.5) is 4.39 Å². The van der Waals surface area contributed by atoms with Crippen LogP contribution in [0.25, 0.3) is 10.6 Å². The molecular weight excluding hydrogens is 364 g/mol. The van der Waals surface area contributed by atoms with E-state index in [9.17, 15) is 14.0 Å². The summed E-state index contributed by atoms with van der Waals surface area (Å²) in [6.45, 7) is 8.57. The van der Waals surface area contributed by atoms with Crippen LogP contribution in [-0.2, 0) is 20.7 Å². The van der Waals surface area contributed by atoms with Gasteiger partial charge in [-0.2, -0.15) is 0 Å². The third kappa shape index (κ3) is 3.38. The molecule has 0 atom stereocenters. The summed E-state index contributed by atoms with van der Waals surface area (Å²) >= 11 is 1.29. The second-order valence-corrected chi connectivity index (χ2v) is 8.79. The number of hydrogen-bond donors (Lipinski definition) is 0. The van der Waals surface area contributed by atoms with Crippen LogP contribution >= 0.6 is 11.3 Å². The quantitative estimate of drug-likeness (QED) is 0.602. The molecule has 0 N–H and O–H groups in total. The van der Waals surface area contributed by atoms with Crippen molar-refractivity contribution in [2.75, 3.05) is 0 Å². The standard InChI is InChI=1S/C20H21BFNO3S/c1-6-13-15(14-16(24)19(2,3)26-20(4,5)17(14)25)23-18(27-13)11-8-7-10(21)9-12(11)22/h7-9,14H,6H2,1-5H3. The maximum atomic E-state index is 14.4. The second kappa shape index (κ2) is 6.64. The number of aromatic nitrogens is 1. The molecule has 0 amide bonds. The minimum atomic E-state index is -1.11. The van der Waals surface area contributed by atoms with Gasteiger partial charge in [-0.15, -0.1) is 11.3 Å². The van der Waals surface area contributed by atoms with Crippen molar-refractivity contribution in [3.63, 3.8) is 0 Å². The van der Waals surface area contributed by atoms with E-state index < -0.39 is 22.9 Å². The molecule has 1 aliphatic rings. The molecule has 1 aromatic carbocycles. The fraction of sp³-hybridized carbons (Fsp3) is 0.450. The number of carbonyl (C=O) groups excluding carboxylic acids is 2. The summed E-state index contributed by atoms with van der Waals surface area (Å²) in [6, 6.07) is 4.40. The molecule has 0 spiro atoms. The first kappa shape index (κ1) is 19.9. The Bertz CT molecular complexity index is 909. The summed E-state index contributed by atoms with van der Waals surface area (Å²) in [7, 11) is 5.62. The predicted octanol–water partition coefficient (Wildman–Crippen LogP) is 3.11. The van der Waals surface area contributed by atoms with Gasteiger partial charge in [-0.25, -0.2) is 9.37 Å². The monoisotopic (exact) mass is 385 g/mol. The molecule has 1 fully saturated rings. The van der Waals surface area contributed by atoms with Crippen LogP contribution in [0, 0.1) is 5.82 Å². The number of nitrogens with zero attached hydrogens (tertiary/aromatic N) is 1. The highest BCUT2D eigenvalue weighted by Gasteiger charge is 2.54. The van der Waals surface area contributed by atoms with Gasteiger partial charge in [0.1, 0.15) is 35.8 Å². The average Bonchev–Trinajstić information content (AvgIpc) is 2.96. The van der Waals surface area contributed by atoms with E-state index in [4.69, 9.17) is 12.6 Å². The minimum Gasteiger partial charge on any atom is -0.354 e. The lowest BCUT2D eigenvalue weighted by Crippen LogP contribution is -2.58. The highest BCUT2D eigenvalue weighted by molar-refractivity contribution is 7.15. The molecule has 0 saturated carbocycles. The molecule has 1 aliphatic heterocycles. The third-order valence-corrected chi connectivity index (χ3v) is 6.02. The number of aryl methyl sites for hydroxylation is 1. The van der Waals surface area contributed by atoms with Crippen LogP contribution in [0.5, 0.6) is 0 Å². The van der Waals surface area contributed by atoms with Crippen molar-refractivity contribution in [3.05, 3.63) is 34.6 Å². The van der Waals surface area contributed by atoms with Crippen molar-refractivity contribution in [1.29, 1.82) is 0 Å². The number of ketones is 2. The number of Topliss-reactive ketones (excluding diaryl/α,β-unsaturated/α-hetero) is 2. The number of halogens is 1. The molecule has 2 radical (unpaired) electrons. The molecule has 0 aliphatic carbocycles. The molecule has 140 valence electrons. The van der Waals surface area contributed by atoms with Crippen LogP contribution in [0.2, 0.25) is 0 Å². The zero-order valence-corrected chi connectivity index (χ0v) is 16.9. The number of ether oxygens (including phenoxy) is 1. The van der Waals surface area contributed by atoms with E-state index in [0.717, 1.165) is 4.88 Å². The Morgan fingerprint density at radius 2 is 1.78 bits per heavy atom. The maximum absolute atomic E-state index is 14.4. The maximum Gasteiger partial charge on any atom is 0.180 e. The van der Waals surface area contributed by atoms with Gasteiger partial charge in [0.15, 0.2) is 11.6 Å². The Balaban J connectivity index is 2.15. The molecule has 0 unspecified atom stereocenters. The van der Waals surface area contributed by atoms with Crippen molar-refractivity contribution < 1.29 is 18.7 Å². The van der Waals surface area contributed by atoms with Crippen LogP contribution in [0.15, 0.2) is 18.2 Å². The Labute approximate surface area is 163 Å². The second-order valence-electron chi connectivity index (χ2n) is 7.70. The highest BCUT2D eigenvalue weighted by atomic mass is 32.1. The first-order chi connectivity index (χ1) is 12.5. The number of thiazole rings is 1. The molecule has 2 aromatic rings. The van der Waals surface area contributed by atoms with E-state index in [1.807, 2.05) is 6.92 Å². The molecule has 7 heteroatoms. The van der Waals surface area contributed by atoms with Crippen LogP contribution < -0.4 is 5.46 Å². The van der Waals surface area contributed by atoms with E-state index in [-0.39, 0.29) is 11.6 Å². The summed E-state index contributed by atoms with van der Waals surface area (Å²) in [5.74, 6) is -2.14. The van der Waals surface area contributed by atoms with Crippen molar-refractivity contribution in [1.82, 2.24) is 4.98 Å². The van der Waals surface area contributed by atoms with E-state index in [0.29, 0.717) is 28.1 Å². The first-order valence-electron chi connectivity index (χ1n) is 8.81. The van der Waals surface area contributed by atoms with Crippen LogP contribution in [0.3, 0.4) is 0 Å². The Kier molecular flexibility index (Phi) is 4.89. The third-order valence-electron chi connectivity index (χ3n) is 4.77. The number of hydrogen-bond acceptors (Lipinski definition) is 5. The fourth-order valence-corrected chi connectivity index (χ4v) is 4.53. The van der Waals surface area contributed by atoms with Gasteiger partial charge in [0.05, 0.1) is 5.69 Å². The lowest BCUT2D eigenvalue weighted by atomic mass is 9.76. The molecule has 4 nitrogen and oxygen atoms in total. The van der Waals surface area contributed by atoms with Gasteiger partial charge in [-0.05, 0) is 46.2 Å². The van der Waals surface area contributed by atoms with E-state index in [2.05, 4.69) is 4.98 Å². The summed E-state index contributed by atoms with van der Waals surface area (Å²) < 4.78 is 20.1. The van der Waals surface area contributed by atoms with Crippen molar-refractivity contribution >= 4 is 36.2 Å². The van der Waals surface area contributed by atoms with Gasteiger partial charge >= 0.3 is 0 Å². The highest BCUT2D eigenvalue weighted by Crippen LogP contribution is 2.41. The lowest BCUT2D eigenvalue weighted by molar-refractivity contribution is -0.184. The van der Waals surface area contributed by atoms with Gasteiger partial charge in [0.2, 0.25) is 0 Å². The van der Waals surface area contributed by atoms with Crippen LogP contribution in [-0.4, -0.2) is 35.6 Å². The van der Waals surface area contributed by atoms with Gasteiger partial charge < -0.3 is 4.74 Å². The molecule has 2 heterocycles. The Hall–Kier alpha value is -1.86. The molecule has 27 heavy (non-hydrogen) atoms. The summed E-state index contributed by atoms with van der Waals surface area (Å²) in [5.41, 5.74) is -1.18. The average molecular weight is 385 g/mol. The SMILES string of the molecule is [B]c1ccc(-c2nc(C3C(=O)C(C)(C)OC(C)(C)C3=O)c(CC)s2)c(F)c1. The van der Waals surface area contributed by atoms with Crippen molar-refractivity contribution in [2.24, 2.45) is 0 Å². The van der Waals surface area contributed by atoms with Gasteiger partial charge in [-0.1, -0.05) is 18.5 Å². The van der Waals surface area contributed by atoms with E-state index >= 15 is 0 Å². The fourth-order valence-electron chi connectivity index (χ4n) is 3.46. The molecule has 1 saturated heterocycles.